The van der Waals surface area contributed by atoms with E-state index in [0.717, 1.165) is 12.1 Å². The number of nitrogens with zero attached hydrogens (tertiary/aromatic N) is 1. The molecular weight excluding hydrogens is 360 g/mol. The van der Waals surface area contributed by atoms with Gasteiger partial charge in [-0.1, -0.05) is 36.2 Å². The van der Waals surface area contributed by atoms with Gasteiger partial charge in [0.1, 0.15) is 12.4 Å². The third kappa shape index (κ3) is 5.98. The number of likely N-dealkylation sites (tertiary alicyclic amines) is 1. The molecule has 0 atom stereocenters. The van der Waals surface area contributed by atoms with Crippen molar-refractivity contribution in [1.29, 1.82) is 0 Å². The first-order valence-electron chi connectivity index (χ1n) is 9.60. The summed E-state index contributed by atoms with van der Waals surface area (Å²) in [6.45, 7) is 6.11. The molecule has 27 heavy (non-hydrogen) atoms. The van der Waals surface area contributed by atoms with Crippen LogP contribution < -0.4 is 10.1 Å². The molecule has 0 unspecified atom stereocenters. The van der Waals surface area contributed by atoms with Gasteiger partial charge in [0.15, 0.2) is 0 Å². The van der Waals surface area contributed by atoms with Gasteiger partial charge in [-0.25, -0.2) is 0 Å². The summed E-state index contributed by atoms with van der Waals surface area (Å²) in [6, 6.07) is 13.5. The molecule has 144 valence electrons. The number of nitrogens with one attached hydrogen (secondary N) is 1. The zero-order chi connectivity index (χ0) is 19.1. The topological polar surface area (TPSA) is 41.6 Å². The molecule has 1 fully saturated rings. The molecule has 1 saturated heterocycles. The highest BCUT2D eigenvalue weighted by Gasteiger charge is 2.11. The van der Waals surface area contributed by atoms with Gasteiger partial charge in [0.05, 0.1) is 6.54 Å². The van der Waals surface area contributed by atoms with Crippen LogP contribution >= 0.6 is 11.6 Å². The Balaban J connectivity index is 1.41. The van der Waals surface area contributed by atoms with Gasteiger partial charge < -0.3 is 10.1 Å². The van der Waals surface area contributed by atoms with Crippen LogP contribution in [0.3, 0.4) is 0 Å². The van der Waals surface area contributed by atoms with Crippen LogP contribution in [0.25, 0.3) is 0 Å². The number of ether oxygens (including phenoxy) is 1. The van der Waals surface area contributed by atoms with Gasteiger partial charge in [0.25, 0.3) is 5.91 Å². The highest BCUT2D eigenvalue weighted by Crippen LogP contribution is 2.21. The third-order valence-corrected chi connectivity index (χ3v) is 5.28. The van der Waals surface area contributed by atoms with E-state index >= 15 is 0 Å². The lowest BCUT2D eigenvalue weighted by atomic mass is 10.1. The van der Waals surface area contributed by atoms with E-state index in [9.17, 15) is 4.79 Å². The molecule has 1 aliphatic heterocycles. The van der Waals surface area contributed by atoms with E-state index in [2.05, 4.69) is 10.2 Å². The summed E-state index contributed by atoms with van der Waals surface area (Å²) in [5, 5.41) is 3.57. The predicted octanol–water partition coefficient (Wildman–Crippen LogP) is 4.44. The lowest BCUT2D eigenvalue weighted by Crippen LogP contribution is -2.29. The number of aryl methyl sites for hydroxylation is 1. The van der Waals surface area contributed by atoms with Crippen molar-refractivity contribution in [3.8, 4) is 5.75 Å². The number of piperidine rings is 1. The standard InChI is InChI=1S/C22H27ClN2O2/c1-17-5-10-20(15-21(17)23)27-14-11-24-22(26)19-8-6-18(7-9-19)16-25-12-3-2-4-13-25/h5-10,15H,2-4,11-14,16H2,1H3,(H,24,26). The molecule has 0 bridgehead atoms. The molecule has 0 radical (unpaired) electrons. The van der Waals surface area contributed by atoms with Gasteiger partial charge in [-0.15, -0.1) is 0 Å². The molecule has 0 spiro atoms. The van der Waals surface area contributed by atoms with Crippen LogP contribution in [0.4, 0.5) is 0 Å². The number of carbonyl (C=O) groups is 1. The number of rotatable bonds is 7. The molecule has 0 saturated carbocycles. The fourth-order valence-electron chi connectivity index (χ4n) is 3.24. The minimum absolute atomic E-state index is 0.0786. The molecule has 2 aromatic rings. The quantitative estimate of drug-likeness (QED) is 0.715. The molecule has 3 rings (SSSR count). The lowest BCUT2D eigenvalue weighted by Gasteiger charge is -2.26. The summed E-state index contributed by atoms with van der Waals surface area (Å²) in [7, 11) is 0. The zero-order valence-corrected chi connectivity index (χ0v) is 16.6. The smallest absolute Gasteiger partial charge is 0.251 e. The van der Waals surface area contributed by atoms with Gasteiger partial charge in [-0.2, -0.15) is 0 Å². The van der Waals surface area contributed by atoms with Gasteiger partial charge in [0.2, 0.25) is 0 Å². The maximum absolute atomic E-state index is 12.3. The Morgan fingerprint density at radius 1 is 1.11 bits per heavy atom. The van der Waals surface area contributed by atoms with Gasteiger partial charge in [0, 0.05) is 17.1 Å². The normalized spacial score (nSPS) is 14.7. The summed E-state index contributed by atoms with van der Waals surface area (Å²) in [5.74, 6) is 0.631. The Morgan fingerprint density at radius 2 is 1.85 bits per heavy atom. The van der Waals surface area contributed by atoms with Crippen molar-refractivity contribution in [3.63, 3.8) is 0 Å². The van der Waals surface area contributed by atoms with E-state index in [1.54, 1.807) is 6.07 Å². The fraction of sp³-hybridized carbons (Fsp3) is 0.409. The summed E-state index contributed by atoms with van der Waals surface area (Å²) >= 11 is 6.08. The van der Waals surface area contributed by atoms with E-state index in [4.69, 9.17) is 16.3 Å². The van der Waals surface area contributed by atoms with Crippen molar-refractivity contribution in [3.05, 3.63) is 64.2 Å². The lowest BCUT2D eigenvalue weighted by molar-refractivity contribution is 0.0947. The van der Waals surface area contributed by atoms with Crippen LogP contribution in [0.5, 0.6) is 5.75 Å². The second-order valence-electron chi connectivity index (χ2n) is 7.05. The summed E-state index contributed by atoms with van der Waals surface area (Å²) in [6.07, 6.45) is 3.92. The highest BCUT2D eigenvalue weighted by atomic mass is 35.5. The second-order valence-corrected chi connectivity index (χ2v) is 7.46. The molecule has 0 aromatic heterocycles. The van der Waals surface area contributed by atoms with E-state index in [-0.39, 0.29) is 5.91 Å². The third-order valence-electron chi connectivity index (χ3n) is 4.87. The average Bonchev–Trinajstić information content (AvgIpc) is 2.69. The van der Waals surface area contributed by atoms with E-state index in [1.807, 2.05) is 43.3 Å². The number of benzene rings is 2. The van der Waals surface area contributed by atoms with Crippen molar-refractivity contribution >= 4 is 17.5 Å². The van der Waals surface area contributed by atoms with Gasteiger partial charge in [-0.3, -0.25) is 9.69 Å². The van der Waals surface area contributed by atoms with Gasteiger partial charge in [-0.05, 0) is 68.2 Å². The molecule has 1 aliphatic rings. The summed E-state index contributed by atoms with van der Waals surface area (Å²) < 4.78 is 5.63. The fourth-order valence-corrected chi connectivity index (χ4v) is 3.41. The van der Waals surface area contributed by atoms with Crippen molar-refractivity contribution in [1.82, 2.24) is 10.2 Å². The van der Waals surface area contributed by atoms with E-state index in [0.29, 0.717) is 29.5 Å². The number of hydrogen-bond donors (Lipinski definition) is 1. The van der Waals surface area contributed by atoms with E-state index in [1.165, 1.54) is 37.9 Å². The van der Waals surface area contributed by atoms with Crippen molar-refractivity contribution in [2.24, 2.45) is 0 Å². The largest absolute Gasteiger partial charge is 0.492 e. The Kier molecular flexibility index (Phi) is 7.13. The minimum atomic E-state index is -0.0786. The Bertz CT molecular complexity index is 755. The van der Waals surface area contributed by atoms with Crippen LogP contribution in [0, 0.1) is 6.92 Å². The number of carbonyl (C=O) groups excluding carboxylic acids is 1. The van der Waals surface area contributed by atoms with Crippen molar-refractivity contribution in [2.45, 2.75) is 32.7 Å². The maximum Gasteiger partial charge on any atom is 0.251 e. The van der Waals surface area contributed by atoms with Crippen LogP contribution in [-0.4, -0.2) is 37.0 Å². The molecule has 0 aliphatic carbocycles. The highest BCUT2D eigenvalue weighted by molar-refractivity contribution is 6.31. The van der Waals surface area contributed by atoms with Crippen LogP contribution in [-0.2, 0) is 6.54 Å². The number of hydrogen-bond acceptors (Lipinski definition) is 3. The maximum atomic E-state index is 12.3. The Hall–Kier alpha value is -2.04. The number of amides is 1. The zero-order valence-electron chi connectivity index (χ0n) is 15.8. The molecule has 1 amide bonds. The first-order chi connectivity index (χ1) is 13.1. The van der Waals surface area contributed by atoms with E-state index < -0.39 is 0 Å². The average molecular weight is 387 g/mol. The first kappa shape index (κ1) is 19.7. The van der Waals surface area contributed by atoms with Crippen LogP contribution in [0.2, 0.25) is 5.02 Å². The number of halogens is 1. The van der Waals surface area contributed by atoms with Crippen LogP contribution in [0.1, 0.15) is 40.7 Å². The molecule has 1 N–H and O–H groups in total. The molecular formula is C22H27ClN2O2. The van der Waals surface area contributed by atoms with Gasteiger partial charge >= 0.3 is 0 Å². The SMILES string of the molecule is Cc1ccc(OCCNC(=O)c2ccc(CN3CCCCC3)cc2)cc1Cl. The molecule has 5 heteroatoms. The predicted molar refractivity (Wildman–Crippen MR) is 110 cm³/mol. The Labute approximate surface area is 166 Å². The van der Waals surface area contributed by atoms with Crippen molar-refractivity contribution in [2.75, 3.05) is 26.2 Å². The first-order valence-corrected chi connectivity index (χ1v) is 9.98. The Morgan fingerprint density at radius 3 is 2.56 bits per heavy atom. The molecule has 4 nitrogen and oxygen atoms in total. The summed E-state index contributed by atoms with van der Waals surface area (Å²) in [4.78, 5) is 14.7. The molecule has 1 heterocycles. The van der Waals surface area contributed by atoms with Crippen molar-refractivity contribution < 1.29 is 9.53 Å². The monoisotopic (exact) mass is 386 g/mol. The summed E-state index contributed by atoms with van der Waals surface area (Å²) in [5.41, 5.74) is 2.95. The van der Waals surface area contributed by atoms with Crippen LogP contribution in [0.15, 0.2) is 42.5 Å². The minimum Gasteiger partial charge on any atom is -0.492 e. The molecule has 2 aromatic carbocycles. The second kappa shape index (κ2) is 9.77.